The molecule has 0 saturated carbocycles. The van der Waals surface area contributed by atoms with Crippen LogP contribution in [0.15, 0.2) is 72.6 Å². The first-order chi connectivity index (χ1) is 17.1. The number of nitrogens with one attached hydrogen (secondary N) is 3. The van der Waals surface area contributed by atoms with Crippen molar-refractivity contribution in [1.29, 1.82) is 0 Å². The van der Waals surface area contributed by atoms with E-state index in [1.54, 1.807) is 11.3 Å². The second kappa shape index (κ2) is 10.2. The molecule has 178 valence electrons. The van der Waals surface area contributed by atoms with Crippen LogP contribution in [-0.2, 0) is 4.79 Å². The molecule has 0 radical (unpaired) electrons. The molecule has 35 heavy (non-hydrogen) atoms. The number of fused-ring (bicyclic) bond motifs is 1. The highest BCUT2D eigenvalue weighted by Crippen LogP contribution is 2.32. The van der Waals surface area contributed by atoms with E-state index in [0.29, 0.717) is 23.4 Å². The molecule has 1 aliphatic rings. The summed E-state index contributed by atoms with van der Waals surface area (Å²) in [6.07, 6.45) is 3.73. The number of piperidine rings is 1. The molecular weight excluding hydrogens is 456 g/mol. The average molecular weight is 485 g/mol. The molecule has 1 saturated heterocycles. The number of carbonyl (C=O) groups excluding carboxylic acids is 1. The van der Waals surface area contributed by atoms with Crippen LogP contribution in [0, 0.1) is 0 Å². The molecule has 0 unspecified atom stereocenters. The minimum Gasteiger partial charge on any atom is -0.339 e. The topological polar surface area (TPSA) is 82.2 Å². The first kappa shape index (κ1) is 23.0. The Kier molecular flexibility index (Phi) is 6.74. The van der Waals surface area contributed by atoms with Crippen LogP contribution in [-0.4, -0.2) is 40.9 Å². The van der Waals surface area contributed by atoms with Crippen molar-refractivity contribution in [3.05, 3.63) is 78.2 Å². The van der Waals surface area contributed by atoms with E-state index in [1.165, 1.54) is 31.0 Å². The highest BCUT2D eigenvalue weighted by Gasteiger charge is 2.18. The fourth-order valence-corrected chi connectivity index (χ4v) is 5.19. The summed E-state index contributed by atoms with van der Waals surface area (Å²) in [5.74, 6) is 1.57. The van der Waals surface area contributed by atoms with Crippen molar-refractivity contribution in [3.63, 3.8) is 0 Å². The minimum absolute atomic E-state index is 0.252. The first-order valence-electron chi connectivity index (χ1n) is 11.7. The molecule has 1 fully saturated rings. The van der Waals surface area contributed by atoms with Crippen LogP contribution < -0.4 is 16.0 Å². The Hall–Kier alpha value is -3.75. The molecule has 1 aliphatic heterocycles. The molecule has 1 amide bonds. The number of anilines is 5. The summed E-state index contributed by atoms with van der Waals surface area (Å²) in [5, 5.41) is 11.5. The SMILES string of the molecule is C=CC(=O)Nc1cccc(Nc2nc(Nc3ccc([C@@H]4CCCN(C)C4)cc3)nc3ccsc23)c1. The zero-order chi connectivity index (χ0) is 24.2. The van der Waals surface area contributed by atoms with E-state index in [4.69, 9.17) is 9.97 Å². The van der Waals surface area contributed by atoms with Crippen molar-refractivity contribution in [2.75, 3.05) is 36.1 Å². The monoisotopic (exact) mass is 484 g/mol. The van der Waals surface area contributed by atoms with Crippen molar-refractivity contribution in [3.8, 4) is 0 Å². The summed E-state index contributed by atoms with van der Waals surface area (Å²) in [6, 6.07) is 18.1. The van der Waals surface area contributed by atoms with Crippen LogP contribution in [0.25, 0.3) is 10.2 Å². The third-order valence-corrected chi connectivity index (χ3v) is 7.05. The fourth-order valence-electron chi connectivity index (χ4n) is 4.42. The maximum atomic E-state index is 11.7. The van der Waals surface area contributed by atoms with E-state index in [2.05, 4.69) is 58.7 Å². The highest BCUT2D eigenvalue weighted by atomic mass is 32.1. The Balaban J connectivity index is 1.35. The normalized spacial score (nSPS) is 16.1. The van der Waals surface area contributed by atoms with Gasteiger partial charge in [0.05, 0.1) is 10.2 Å². The van der Waals surface area contributed by atoms with Crippen LogP contribution in [0.2, 0.25) is 0 Å². The number of likely N-dealkylation sites (N-methyl/N-ethyl adjacent to an activating group) is 1. The van der Waals surface area contributed by atoms with Crippen LogP contribution in [0.5, 0.6) is 0 Å². The van der Waals surface area contributed by atoms with Gasteiger partial charge in [0.2, 0.25) is 11.9 Å². The lowest BCUT2D eigenvalue weighted by molar-refractivity contribution is -0.111. The molecule has 0 bridgehead atoms. The second-order valence-corrected chi connectivity index (χ2v) is 9.69. The maximum absolute atomic E-state index is 11.7. The third kappa shape index (κ3) is 5.50. The van der Waals surface area contributed by atoms with Gasteiger partial charge in [-0.15, -0.1) is 11.3 Å². The Morgan fingerprint density at radius 1 is 1.09 bits per heavy atom. The fraction of sp³-hybridized carbons (Fsp3) is 0.222. The van der Waals surface area contributed by atoms with Crippen molar-refractivity contribution >= 4 is 56.3 Å². The van der Waals surface area contributed by atoms with Gasteiger partial charge in [-0.1, -0.05) is 24.8 Å². The Labute approximate surface area is 208 Å². The number of amides is 1. The largest absolute Gasteiger partial charge is 0.339 e. The van der Waals surface area contributed by atoms with E-state index >= 15 is 0 Å². The third-order valence-electron chi connectivity index (χ3n) is 6.14. The van der Waals surface area contributed by atoms with Crippen molar-refractivity contribution in [1.82, 2.24) is 14.9 Å². The predicted molar refractivity (Wildman–Crippen MR) is 145 cm³/mol. The van der Waals surface area contributed by atoms with Gasteiger partial charge in [-0.05, 0) is 85.8 Å². The predicted octanol–water partition coefficient (Wildman–Crippen LogP) is 6.11. The number of likely N-dealkylation sites (tertiary alicyclic amines) is 1. The van der Waals surface area contributed by atoms with E-state index < -0.39 is 0 Å². The van der Waals surface area contributed by atoms with E-state index in [-0.39, 0.29) is 5.91 Å². The maximum Gasteiger partial charge on any atom is 0.247 e. The van der Waals surface area contributed by atoms with E-state index in [0.717, 1.165) is 28.1 Å². The van der Waals surface area contributed by atoms with Crippen LogP contribution in [0.1, 0.15) is 24.3 Å². The molecule has 0 aliphatic carbocycles. The smallest absolute Gasteiger partial charge is 0.247 e. The number of benzene rings is 2. The molecule has 4 aromatic rings. The van der Waals surface area contributed by atoms with Crippen molar-refractivity contribution < 1.29 is 4.79 Å². The number of thiophene rings is 1. The zero-order valence-corrected chi connectivity index (χ0v) is 20.4. The van der Waals surface area contributed by atoms with Gasteiger partial charge in [-0.25, -0.2) is 4.98 Å². The highest BCUT2D eigenvalue weighted by molar-refractivity contribution is 7.17. The molecule has 3 heterocycles. The number of carbonyl (C=O) groups is 1. The molecule has 2 aromatic carbocycles. The number of nitrogens with zero attached hydrogens (tertiary/aromatic N) is 3. The van der Waals surface area contributed by atoms with Gasteiger partial charge in [0.25, 0.3) is 0 Å². The summed E-state index contributed by atoms with van der Waals surface area (Å²) in [4.78, 5) is 23.5. The lowest BCUT2D eigenvalue weighted by Crippen LogP contribution is -2.30. The Bertz CT molecular complexity index is 1350. The molecule has 7 nitrogen and oxygen atoms in total. The van der Waals surface area contributed by atoms with Gasteiger partial charge in [0.15, 0.2) is 5.82 Å². The lowest BCUT2D eigenvalue weighted by atomic mass is 9.91. The van der Waals surface area contributed by atoms with Gasteiger partial charge in [0, 0.05) is 23.6 Å². The summed E-state index contributed by atoms with van der Waals surface area (Å²) in [5.41, 5.74) is 4.69. The number of hydrogen-bond donors (Lipinski definition) is 3. The zero-order valence-electron chi connectivity index (χ0n) is 19.6. The number of aromatic nitrogens is 2. The average Bonchev–Trinajstić information content (AvgIpc) is 3.34. The number of rotatable bonds is 7. The van der Waals surface area contributed by atoms with Crippen LogP contribution in [0.4, 0.5) is 28.8 Å². The van der Waals surface area contributed by atoms with Gasteiger partial charge in [-0.3, -0.25) is 4.79 Å². The summed E-state index contributed by atoms with van der Waals surface area (Å²) >= 11 is 1.58. The summed E-state index contributed by atoms with van der Waals surface area (Å²) < 4.78 is 0.966. The van der Waals surface area contributed by atoms with Crippen LogP contribution >= 0.6 is 11.3 Å². The van der Waals surface area contributed by atoms with E-state index in [1.807, 2.05) is 35.7 Å². The molecule has 5 rings (SSSR count). The standard InChI is InChI=1S/C27H28N6OS/c1-3-24(34)28-21-7-4-8-22(16-21)29-26-25-23(13-15-35-25)31-27(32-26)30-20-11-9-18(10-12-20)19-6-5-14-33(2)17-19/h3-4,7-13,15-16,19H,1,5-6,14,17H2,2H3,(H,28,34)(H2,29,30,31,32)/t19-/m1/s1. The Morgan fingerprint density at radius 3 is 2.71 bits per heavy atom. The van der Waals surface area contributed by atoms with Gasteiger partial charge in [-0.2, -0.15) is 4.98 Å². The van der Waals surface area contributed by atoms with Gasteiger partial charge < -0.3 is 20.9 Å². The molecule has 2 aromatic heterocycles. The van der Waals surface area contributed by atoms with Gasteiger partial charge >= 0.3 is 0 Å². The van der Waals surface area contributed by atoms with Crippen molar-refractivity contribution in [2.24, 2.45) is 0 Å². The molecule has 1 atom stereocenters. The van der Waals surface area contributed by atoms with Crippen molar-refractivity contribution in [2.45, 2.75) is 18.8 Å². The molecule has 8 heteroatoms. The van der Waals surface area contributed by atoms with E-state index in [9.17, 15) is 4.79 Å². The quantitative estimate of drug-likeness (QED) is 0.275. The second-order valence-electron chi connectivity index (χ2n) is 8.78. The molecule has 0 spiro atoms. The first-order valence-corrected chi connectivity index (χ1v) is 12.6. The van der Waals surface area contributed by atoms with Crippen LogP contribution in [0.3, 0.4) is 0 Å². The summed E-state index contributed by atoms with van der Waals surface area (Å²) in [7, 11) is 2.19. The summed E-state index contributed by atoms with van der Waals surface area (Å²) in [6.45, 7) is 5.79. The minimum atomic E-state index is -0.252. The number of hydrogen-bond acceptors (Lipinski definition) is 7. The Morgan fingerprint density at radius 2 is 1.91 bits per heavy atom. The van der Waals surface area contributed by atoms with Gasteiger partial charge in [0.1, 0.15) is 0 Å². The molecule has 3 N–H and O–H groups in total. The lowest BCUT2D eigenvalue weighted by Gasteiger charge is -2.30. The molecular formula is C27H28N6OS.